The minimum Gasteiger partial charge on any atom is -0.387 e. The highest BCUT2D eigenvalue weighted by Gasteiger charge is 2.30. The predicted molar refractivity (Wildman–Crippen MR) is 119 cm³/mol. The first-order valence-electron chi connectivity index (χ1n) is 10.8. The van der Waals surface area contributed by atoms with Gasteiger partial charge in [0.1, 0.15) is 5.82 Å². The fourth-order valence-electron chi connectivity index (χ4n) is 4.21. The van der Waals surface area contributed by atoms with Gasteiger partial charge in [0.15, 0.2) is 0 Å². The molecule has 2 N–H and O–H groups in total. The summed E-state index contributed by atoms with van der Waals surface area (Å²) < 4.78 is 13.4. The summed E-state index contributed by atoms with van der Waals surface area (Å²) in [7, 11) is 1.78. The van der Waals surface area contributed by atoms with Gasteiger partial charge in [0.05, 0.1) is 12.3 Å². The number of nitrogens with zero attached hydrogens (tertiary/aromatic N) is 3. The molecule has 0 spiro atoms. The number of carbonyl (C=O) groups excluding carboxylic acids is 1. The normalized spacial score (nSPS) is 19.0. The van der Waals surface area contributed by atoms with Crippen LogP contribution in [0.5, 0.6) is 0 Å². The number of nitrogens with one attached hydrogen (secondary N) is 1. The summed E-state index contributed by atoms with van der Waals surface area (Å²) in [6.07, 6.45) is 7.83. The van der Waals surface area contributed by atoms with Crippen LogP contribution in [-0.4, -0.2) is 45.0 Å². The van der Waals surface area contributed by atoms with Gasteiger partial charge in [-0.2, -0.15) is 0 Å². The number of carbonyl (C=O) groups is 1. The van der Waals surface area contributed by atoms with Gasteiger partial charge < -0.3 is 15.3 Å². The van der Waals surface area contributed by atoms with E-state index in [0.717, 1.165) is 36.6 Å². The van der Waals surface area contributed by atoms with E-state index in [-0.39, 0.29) is 18.0 Å². The molecule has 3 atom stereocenters. The fraction of sp³-hybridized carbons (Fsp3) is 0.320. The standard InChI is InChI=1S/C25H27FN4O2/c1-30(16-18-3-2-10-27-13-18)25(32)19-6-4-17(5-7-19)11-22-8-9-23(29-22)24(31)20-12-21(26)15-28-14-20/h2-7,10,12-15,22-24,29,31H,8-9,11,16H2,1H3. The van der Waals surface area contributed by atoms with Gasteiger partial charge >= 0.3 is 0 Å². The fourth-order valence-corrected chi connectivity index (χ4v) is 4.21. The average molecular weight is 435 g/mol. The average Bonchev–Trinajstić information content (AvgIpc) is 3.27. The van der Waals surface area contributed by atoms with E-state index in [1.165, 1.54) is 12.3 Å². The number of amides is 1. The van der Waals surface area contributed by atoms with Crippen molar-refractivity contribution in [3.63, 3.8) is 0 Å². The van der Waals surface area contributed by atoms with Crippen molar-refractivity contribution in [2.75, 3.05) is 7.05 Å². The molecule has 0 aliphatic carbocycles. The number of halogens is 1. The Labute approximate surface area is 187 Å². The molecule has 6 nitrogen and oxygen atoms in total. The summed E-state index contributed by atoms with van der Waals surface area (Å²) in [6, 6.07) is 12.9. The molecule has 3 heterocycles. The topological polar surface area (TPSA) is 78.4 Å². The van der Waals surface area contributed by atoms with Crippen molar-refractivity contribution in [2.24, 2.45) is 0 Å². The molecule has 1 aromatic carbocycles. The molecule has 1 aliphatic rings. The summed E-state index contributed by atoms with van der Waals surface area (Å²) in [6.45, 7) is 0.505. The lowest BCUT2D eigenvalue weighted by atomic mass is 10.0. The van der Waals surface area contributed by atoms with E-state index in [0.29, 0.717) is 17.7 Å². The van der Waals surface area contributed by atoms with E-state index in [9.17, 15) is 14.3 Å². The summed E-state index contributed by atoms with van der Waals surface area (Å²) >= 11 is 0. The van der Waals surface area contributed by atoms with Gasteiger partial charge in [-0.1, -0.05) is 18.2 Å². The van der Waals surface area contributed by atoms with Crippen LogP contribution in [0.25, 0.3) is 0 Å². The SMILES string of the molecule is CN(Cc1cccnc1)C(=O)c1ccc(CC2CCC(C(O)c3cncc(F)c3)N2)cc1. The lowest BCUT2D eigenvalue weighted by Gasteiger charge is -2.20. The first-order valence-corrected chi connectivity index (χ1v) is 10.8. The molecule has 2 aromatic heterocycles. The van der Waals surface area contributed by atoms with Crippen LogP contribution in [-0.2, 0) is 13.0 Å². The van der Waals surface area contributed by atoms with Crippen molar-refractivity contribution >= 4 is 5.91 Å². The molecule has 7 heteroatoms. The van der Waals surface area contributed by atoms with E-state index in [1.54, 1.807) is 24.3 Å². The third-order valence-electron chi connectivity index (χ3n) is 5.90. The predicted octanol–water partition coefficient (Wildman–Crippen LogP) is 3.28. The van der Waals surface area contributed by atoms with E-state index in [4.69, 9.17) is 0 Å². The molecule has 1 fully saturated rings. The van der Waals surface area contributed by atoms with Crippen molar-refractivity contribution in [1.82, 2.24) is 20.2 Å². The number of aromatic nitrogens is 2. The molecule has 0 radical (unpaired) electrons. The number of rotatable bonds is 7. The van der Waals surface area contributed by atoms with Crippen LogP contribution in [0.3, 0.4) is 0 Å². The van der Waals surface area contributed by atoms with Crippen LogP contribution in [0.4, 0.5) is 4.39 Å². The van der Waals surface area contributed by atoms with E-state index < -0.39 is 11.9 Å². The molecular formula is C25H27FN4O2. The first-order chi connectivity index (χ1) is 15.5. The van der Waals surface area contributed by atoms with Gasteiger partial charge in [0.2, 0.25) is 0 Å². The Kier molecular flexibility index (Phi) is 6.87. The number of pyridine rings is 2. The van der Waals surface area contributed by atoms with E-state index >= 15 is 0 Å². The Morgan fingerprint density at radius 2 is 1.97 bits per heavy atom. The van der Waals surface area contributed by atoms with Gasteiger partial charge in [0.25, 0.3) is 5.91 Å². The number of hydrogen-bond acceptors (Lipinski definition) is 5. The third kappa shape index (κ3) is 5.36. The van der Waals surface area contributed by atoms with E-state index in [2.05, 4.69) is 15.3 Å². The maximum absolute atomic E-state index is 13.4. The van der Waals surface area contributed by atoms with Crippen molar-refractivity contribution < 1.29 is 14.3 Å². The molecule has 3 aromatic rings. The first kappa shape index (κ1) is 22.0. The van der Waals surface area contributed by atoms with Crippen molar-refractivity contribution in [3.8, 4) is 0 Å². The zero-order valence-electron chi connectivity index (χ0n) is 18.0. The smallest absolute Gasteiger partial charge is 0.253 e. The lowest BCUT2D eigenvalue weighted by Crippen LogP contribution is -2.35. The van der Waals surface area contributed by atoms with Crippen LogP contribution >= 0.6 is 0 Å². The number of aliphatic hydroxyl groups excluding tert-OH is 1. The zero-order valence-corrected chi connectivity index (χ0v) is 18.0. The molecule has 0 bridgehead atoms. The molecule has 32 heavy (non-hydrogen) atoms. The molecule has 1 saturated heterocycles. The number of benzene rings is 1. The second-order valence-electron chi connectivity index (χ2n) is 8.35. The highest BCUT2D eigenvalue weighted by Crippen LogP contribution is 2.27. The highest BCUT2D eigenvalue weighted by atomic mass is 19.1. The van der Waals surface area contributed by atoms with Gasteiger partial charge in [-0.15, -0.1) is 0 Å². The van der Waals surface area contributed by atoms with Crippen LogP contribution in [0.15, 0.2) is 67.3 Å². The second kappa shape index (κ2) is 9.97. The van der Waals surface area contributed by atoms with Gasteiger partial charge in [-0.05, 0) is 54.7 Å². The Bertz CT molecular complexity index is 1050. The largest absolute Gasteiger partial charge is 0.387 e. The van der Waals surface area contributed by atoms with Gasteiger partial charge in [0, 0.05) is 55.4 Å². The molecule has 1 amide bonds. The Morgan fingerprint density at radius 3 is 2.69 bits per heavy atom. The van der Waals surface area contributed by atoms with Gasteiger partial charge in [-0.3, -0.25) is 14.8 Å². The Hall–Kier alpha value is -3.16. The highest BCUT2D eigenvalue weighted by molar-refractivity contribution is 5.94. The molecule has 1 aliphatic heterocycles. The quantitative estimate of drug-likeness (QED) is 0.597. The summed E-state index contributed by atoms with van der Waals surface area (Å²) in [4.78, 5) is 22.3. The minimum absolute atomic E-state index is 0.0358. The molecule has 3 unspecified atom stereocenters. The summed E-state index contributed by atoms with van der Waals surface area (Å²) in [5.74, 6) is -0.483. The van der Waals surface area contributed by atoms with Gasteiger partial charge in [-0.25, -0.2) is 4.39 Å². The zero-order chi connectivity index (χ0) is 22.5. The van der Waals surface area contributed by atoms with Crippen LogP contribution in [0.1, 0.15) is 46.0 Å². The van der Waals surface area contributed by atoms with E-state index in [1.807, 2.05) is 36.4 Å². The number of hydrogen-bond donors (Lipinski definition) is 2. The molecule has 4 rings (SSSR count). The lowest BCUT2D eigenvalue weighted by molar-refractivity contribution is 0.0785. The van der Waals surface area contributed by atoms with Crippen LogP contribution < -0.4 is 5.32 Å². The Balaban J connectivity index is 1.31. The van der Waals surface area contributed by atoms with Crippen LogP contribution in [0, 0.1) is 5.82 Å². The molecule has 166 valence electrons. The molecule has 0 saturated carbocycles. The summed E-state index contributed by atoms with van der Waals surface area (Å²) in [5, 5.41) is 14.0. The Morgan fingerprint density at radius 1 is 1.16 bits per heavy atom. The van der Waals surface area contributed by atoms with Crippen molar-refractivity contribution in [3.05, 3.63) is 95.3 Å². The maximum Gasteiger partial charge on any atom is 0.253 e. The second-order valence-corrected chi connectivity index (χ2v) is 8.35. The van der Waals surface area contributed by atoms with Crippen molar-refractivity contribution in [1.29, 1.82) is 0 Å². The third-order valence-corrected chi connectivity index (χ3v) is 5.90. The summed E-state index contributed by atoms with van der Waals surface area (Å²) in [5.41, 5.74) is 3.24. The minimum atomic E-state index is -0.793. The van der Waals surface area contributed by atoms with Crippen molar-refractivity contribution in [2.45, 2.75) is 44.0 Å². The maximum atomic E-state index is 13.4. The monoisotopic (exact) mass is 434 g/mol. The van der Waals surface area contributed by atoms with Crippen LogP contribution in [0.2, 0.25) is 0 Å². The molecular weight excluding hydrogens is 407 g/mol. The number of aliphatic hydroxyl groups is 1.